The Morgan fingerprint density at radius 3 is 2.76 bits per heavy atom. The topological polar surface area (TPSA) is 52.6 Å². The van der Waals surface area contributed by atoms with Crippen LogP contribution < -0.4 is 0 Å². The maximum absolute atomic E-state index is 11.5. The second-order valence-corrected chi connectivity index (χ2v) is 4.19. The first-order valence-corrected chi connectivity index (χ1v) is 5.58. The molecule has 4 nitrogen and oxygen atoms in total. The Bertz CT molecular complexity index is 343. The molecule has 0 aromatic carbocycles. The van der Waals surface area contributed by atoms with Gasteiger partial charge in [0.05, 0.1) is 12.4 Å². The van der Waals surface area contributed by atoms with E-state index < -0.39 is 0 Å². The Hall–Kier alpha value is -1.42. The highest BCUT2D eigenvalue weighted by Crippen LogP contribution is 2.32. The molecule has 1 saturated carbocycles. The van der Waals surface area contributed by atoms with E-state index in [0.29, 0.717) is 18.4 Å². The molecular weight excluding hydrogens is 220 g/mol. The van der Waals surface area contributed by atoms with Crippen molar-refractivity contribution in [2.75, 3.05) is 6.79 Å². The molecule has 0 N–H and O–H groups in total. The molecule has 0 spiro atoms. The zero-order chi connectivity index (χ0) is 12.8. The summed E-state index contributed by atoms with van der Waals surface area (Å²) in [5.74, 6) is 0.151. The minimum absolute atomic E-state index is 0.0129. The summed E-state index contributed by atoms with van der Waals surface area (Å²) in [6.45, 7) is 7.12. The molecule has 2 atom stereocenters. The summed E-state index contributed by atoms with van der Waals surface area (Å²) in [4.78, 5) is 22.2. The Morgan fingerprint density at radius 2 is 2.18 bits per heavy atom. The van der Waals surface area contributed by atoms with E-state index in [4.69, 9.17) is 9.47 Å². The molecule has 17 heavy (non-hydrogen) atoms. The van der Waals surface area contributed by atoms with Gasteiger partial charge in [0, 0.05) is 18.8 Å². The third kappa shape index (κ3) is 3.53. The van der Waals surface area contributed by atoms with Gasteiger partial charge in [0.2, 0.25) is 0 Å². The van der Waals surface area contributed by atoms with Crippen molar-refractivity contribution in [1.29, 1.82) is 0 Å². The Kier molecular flexibility index (Phi) is 5.10. The lowest BCUT2D eigenvalue weighted by Gasteiger charge is -2.20. The van der Waals surface area contributed by atoms with Crippen molar-refractivity contribution in [1.82, 2.24) is 0 Å². The molecule has 0 aromatic heterocycles. The van der Waals surface area contributed by atoms with Crippen LogP contribution in [0.1, 0.15) is 26.7 Å². The van der Waals surface area contributed by atoms with Crippen LogP contribution in [0.15, 0.2) is 24.0 Å². The monoisotopic (exact) mass is 238 g/mol. The van der Waals surface area contributed by atoms with E-state index in [2.05, 4.69) is 6.58 Å². The van der Waals surface area contributed by atoms with Gasteiger partial charge in [-0.15, -0.1) is 0 Å². The molecule has 0 saturated heterocycles. The lowest BCUT2D eigenvalue weighted by atomic mass is 9.93. The summed E-state index contributed by atoms with van der Waals surface area (Å²) in [6.07, 6.45) is 2.74. The van der Waals surface area contributed by atoms with Crippen LogP contribution >= 0.6 is 0 Å². The van der Waals surface area contributed by atoms with Crippen molar-refractivity contribution in [2.45, 2.75) is 32.8 Å². The average Bonchev–Trinajstić information content (AvgIpc) is 2.69. The van der Waals surface area contributed by atoms with Gasteiger partial charge in [0.15, 0.2) is 6.79 Å². The van der Waals surface area contributed by atoms with Gasteiger partial charge in [-0.25, -0.2) is 0 Å². The number of allylic oxidation sites excluding steroid dienone is 1. The number of carbonyl (C=O) groups is 2. The predicted octanol–water partition coefficient (Wildman–Crippen LogP) is 2.00. The van der Waals surface area contributed by atoms with Gasteiger partial charge in [-0.2, -0.15) is 0 Å². The summed E-state index contributed by atoms with van der Waals surface area (Å²) in [6, 6.07) is 0. The van der Waals surface area contributed by atoms with Crippen LogP contribution in [0.5, 0.6) is 0 Å². The fourth-order valence-corrected chi connectivity index (χ4v) is 1.99. The maximum atomic E-state index is 11.5. The zero-order valence-electron chi connectivity index (χ0n) is 10.3. The number of hydrogen-bond acceptors (Lipinski definition) is 4. The van der Waals surface area contributed by atoms with Gasteiger partial charge >= 0.3 is 0 Å². The standard InChI is InChI=1S/C13H18O4/c1-4-16-8-17-13-6-11(15)5-12(13)10(3)9(2)7-14/h4,7,12-13H,1,5-6,8H2,2-3H3. The Balaban J connectivity index is 2.71. The summed E-state index contributed by atoms with van der Waals surface area (Å²) in [7, 11) is 0. The second kappa shape index (κ2) is 6.35. The molecule has 0 heterocycles. The van der Waals surface area contributed by atoms with Crippen molar-refractivity contribution < 1.29 is 19.1 Å². The summed E-state index contributed by atoms with van der Waals surface area (Å²) in [5.41, 5.74) is 1.59. The molecule has 0 aromatic rings. The van der Waals surface area contributed by atoms with E-state index in [1.165, 1.54) is 6.26 Å². The van der Waals surface area contributed by atoms with Crippen LogP contribution in [0, 0.1) is 5.92 Å². The van der Waals surface area contributed by atoms with Crippen molar-refractivity contribution in [3.8, 4) is 0 Å². The minimum Gasteiger partial charge on any atom is -0.476 e. The molecule has 1 aliphatic rings. The normalized spacial score (nSPS) is 25.4. The SMILES string of the molecule is C=COCOC1CC(=O)CC1C(C)=C(C)C=O. The van der Waals surface area contributed by atoms with Crippen LogP contribution in [0.3, 0.4) is 0 Å². The van der Waals surface area contributed by atoms with Crippen molar-refractivity contribution >= 4 is 12.1 Å². The van der Waals surface area contributed by atoms with E-state index in [1.807, 2.05) is 6.92 Å². The van der Waals surface area contributed by atoms with Crippen molar-refractivity contribution in [3.05, 3.63) is 24.0 Å². The summed E-state index contributed by atoms with van der Waals surface area (Å²) < 4.78 is 10.4. The number of rotatable bonds is 6. The lowest BCUT2D eigenvalue weighted by molar-refractivity contribution is -0.119. The smallest absolute Gasteiger partial charge is 0.188 e. The Labute approximate surface area is 101 Å². The molecule has 4 heteroatoms. The van der Waals surface area contributed by atoms with E-state index in [-0.39, 0.29) is 24.6 Å². The summed E-state index contributed by atoms with van der Waals surface area (Å²) in [5, 5.41) is 0. The van der Waals surface area contributed by atoms with Crippen molar-refractivity contribution in [3.63, 3.8) is 0 Å². The minimum atomic E-state index is -0.197. The number of aldehydes is 1. The molecule has 2 unspecified atom stereocenters. The molecule has 0 aliphatic heterocycles. The van der Waals surface area contributed by atoms with Gasteiger partial charge in [0.1, 0.15) is 12.1 Å². The first-order chi connectivity index (χ1) is 8.10. The lowest BCUT2D eigenvalue weighted by Crippen LogP contribution is -2.21. The number of ketones is 1. The highest BCUT2D eigenvalue weighted by Gasteiger charge is 2.35. The number of carbonyl (C=O) groups excluding carboxylic acids is 2. The largest absolute Gasteiger partial charge is 0.476 e. The van der Waals surface area contributed by atoms with E-state index in [1.54, 1.807) is 6.92 Å². The molecule has 1 fully saturated rings. The number of ether oxygens (including phenoxy) is 2. The van der Waals surface area contributed by atoms with Gasteiger partial charge in [0.25, 0.3) is 0 Å². The maximum Gasteiger partial charge on any atom is 0.188 e. The second-order valence-electron chi connectivity index (χ2n) is 4.19. The number of hydrogen-bond donors (Lipinski definition) is 0. The summed E-state index contributed by atoms with van der Waals surface area (Å²) >= 11 is 0. The van der Waals surface area contributed by atoms with Crippen molar-refractivity contribution in [2.24, 2.45) is 5.92 Å². The van der Waals surface area contributed by atoms with Gasteiger partial charge in [-0.3, -0.25) is 9.59 Å². The fourth-order valence-electron chi connectivity index (χ4n) is 1.99. The zero-order valence-corrected chi connectivity index (χ0v) is 10.3. The van der Waals surface area contributed by atoms with Crippen LogP contribution in [0.25, 0.3) is 0 Å². The van der Waals surface area contributed by atoms with Crippen LogP contribution in [-0.4, -0.2) is 25.0 Å². The molecule has 0 bridgehead atoms. The molecule has 0 amide bonds. The van der Waals surface area contributed by atoms with Gasteiger partial charge in [-0.1, -0.05) is 12.2 Å². The molecular formula is C13H18O4. The average molecular weight is 238 g/mol. The van der Waals surface area contributed by atoms with Gasteiger partial charge < -0.3 is 9.47 Å². The molecule has 1 rings (SSSR count). The fraction of sp³-hybridized carbons (Fsp3) is 0.538. The van der Waals surface area contributed by atoms with E-state index in [9.17, 15) is 9.59 Å². The third-order valence-corrected chi connectivity index (χ3v) is 3.15. The van der Waals surface area contributed by atoms with Crippen LogP contribution in [0.4, 0.5) is 0 Å². The highest BCUT2D eigenvalue weighted by molar-refractivity contribution is 5.83. The van der Waals surface area contributed by atoms with Crippen LogP contribution in [0.2, 0.25) is 0 Å². The van der Waals surface area contributed by atoms with Crippen LogP contribution in [-0.2, 0) is 19.1 Å². The van der Waals surface area contributed by atoms with E-state index in [0.717, 1.165) is 11.9 Å². The first kappa shape index (κ1) is 13.6. The highest BCUT2D eigenvalue weighted by atomic mass is 16.7. The molecule has 1 aliphatic carbocycles. The van der Waals surface area contributed by atoms with Gasteiger partial charge in [-0.05, 0) is 19.4 Å². The molecule has 94 valence electrons. The third-order valence-electron chi connectivity index (χ3n) is 3.15. The quantitative estimate of drug-likeness (QED) is 0.233. The predicted molar refractivity (Wildman–Crippen MR) is 63.2 cm³/mol. The Morgan fingerprint density at radius 1 is 1.47 bits per heavy atom. The molecule has 0 radical (unpaired) electrons. The first-order valence-electron chi connectivity index (χ1n) is 5.58. The van der Waals surface area contributed by atoms with E-state index >= 15 is 0 Å². The number of Topliss-reactive ketones (excluding diaryl/α,β-unsaturated/α-hetero) is 1.